The van der Waals surface area contributed by atoms with Gasteiger partial charge in [-0.1, -0.05) is 27.7 Å². The Morgan fingerprint density at radius 2 is 1.86 bits per heavy atom. The normalized spacial score (nSPS) is 29.7. The van der Waals surface area contributed by atoms with Crippen molar-refractivity contribution in [1.82, 2.24) is 20.4 Å². The highest BCUT2D eigenvalue weighted by atomic mass is 35.5. The number of rotatable bonds is 5. The Balaban J connectivity index is 0.00000300. The predicted molar refractivity (Wildman–Crippen MR) is 115 cm³/mol. The molecular formula is C21H37ClN4O3. The van der Waals surface area contributed by atoms with Gasteiger partial charge in [-0.05, 0) is 62.4 Å². The lowest BCUT2D eigenvalue weighted by Gasteiger charge is -2.43. The molecule has 0 aromatic heterocycles. The lowest BCUT2D eigenvalue weighted by molar-refractivity contribution is -0.141. The highest BCUT2D eigenvalue weighted by Gasteiger charge is 2.56. The molecule has 2 unspecified atom stereocenters. The van der Waals surface area contributed by atoms with Crippen molar-refractivity contribution in [1.29, 1.82) is 0 Å². The third kappa shape index (κ3) is 5.23. The Hall–Kier alpha value is -1.34. The maximum Gasteiger partial charge on any atom is 0.325 e. The molecule has 2 heterocycles. The molecule has 2 N–H and O–H groups in total. The number of imide groups is 1. The standard InChI is InChI=1S/C21H36N4O3.ClH/c1-5-22-12-16-6-8-24(9-7-16)17(26)13-25-18(27)21(23-19(25)28)11-15(2)10-20(3,4)14-21;/h15-16,22H,5-14H2,1-4H3,(H,23,28);1H. The molecule has 2 saturated heterocycles. The molecule has 0 radical (unpaired) electrons. The summed E-state index contributed by atoms with van der Waals surface area (Å²) in [6.07, 6.45) is 4.26. The molecule has 1 saturated carbocycles. The fourth-order valence-electron chi connectivity index (χ4n) is 5.62. The summed E-state index contributed by atoms with van der Waals surface area (Å²) in [6, 6.07) is -0.412. The Labute approximate surface area is 180 Å². The molecule has 2 atom stereocenters. The first-order valence-electron chi connectivity index (χ1n) is 10.8. The van der Waals surface area contributed by atoms with Gasteiger partial charge < -0.3 is 15.5 Å². The fourth-order valence-corrected chi connectivity index (χ4v) is 5.62. The van der Waals surface area contributed by atoms with Crippen LogP contribution in [-0.2, 0) is 9.59 Å². The van der Waals surface area contributed by atoms with Crippen LogP contribution in [0.2, 0.25) is 0 Å². The lowest BCUT2D eigenvalue weighted by Crippen LogP contribution is -2.54. The lowest BCUT2D eigenvalue weighted by atomic mass is 9.64. The van der Waals surface area contributed by atoms with E-state index in [1.807, 2.05) is 0 Å². The summed E-state index contributed by atoms with van der Waals surface area (Å²) in [7, 11) is 0. The van der Waals surface area contributed by atoms with E-state index >= 15 is 0 Å². The minimum absolute atomic E-state index is 0. The first-order valence-corrected chi connectivity index (χ1v) is 10.8. The highest BCUT2D eigenvalue weighted by molar-refractivity contribution is 6.09. The molecule has 2 aliphatic heterocycles. The largest absolute Gasteiger partial charge is 0.341 e. The van der Waals surface area contributed by atoms with Crippen LogP contribution in [0.4, 0.5) is 4.79 Å². The zero-order valence-electron chi connectivity index (χ0n) is 18.3. The van der Waals surface area contributed by atoms with Gasteiger partial charge in [0.05, 0.1) is 0 Å². The topological polar surface area (TPSA) is 81.8 Å². The average Bonchev–Trinajstić information content (AvgIpc) is 2.82. The number of carbonyl (C=O) groups excluding carboxylic acids is 3. The number of nitrogens with one attached hydrogen (secondary N) is 2. The van der Waals surface area contributed by atoms with Crippen molar-refractivity contribution in [2.75, 3.05) is 32.7 Å². The molecular weight excluding hydrogens is 392 g/mol. The third-order valence-corrected chi connectivity index (χ3v) is 6.57. The van der Waals surface area contributed by atoms with E-state index in [1.54, 1.807) is 4.90 Å². The van der Waals surface area contributed by atoms with Gasteiger partial charge in [0.15, 0.2) is 0 Å². The molecule has 4 amide bonds. The monoisotopic (exact) mass is 428 g/mol. The van der Waals surface area contributed by atoms with Gasteiger partial charge in [0.1, 0.15) is 12.1 Å². The summed E-state index contributed by atoms with van der Waals surface area (Å²) in [5, 5.41) is 6.32. The maximum absolute atomic E-state index is 13.2. The number of piperidine rings is 1. The van der Waals surface area contributed by atoms with Gasteiger partial charge in [-0.2, -0.15) is 0 Å². The third-order valence-electron chi connectivity index (χ3n) is 6.57. The van der Waals surface area contributed by atoms with Crippen LogP contribution in [0.5, 0.6) is 0 Å². The first-order chi connectivity index (χ1) is 13.2. The van der Waals surface area contributed by atoms with Crippen molar-refractivity contribution in [3.05, 3.63) is 0 Å². The van der Waals surface area contributed by atoms with Gasteiger partial charge in [-0.15, -0.1) is 12.4 Å². The van der Waals surface area contributed by atoms with Crippen LogP contribution < -0.4 is 10.6 Å². The van der Waals surface area contributed by atoms with Crippen LogP contribution in [0.15, 0.2) is 0 Å². The smallest absolute Gasteiger partial charge is 0.325 e. The average molecular weight is 429 g/mol. The van der Waals surface area contributed by atoms with Crippen LogP contribution >= 0.6 is 12.4 Å². The molecule has 3 rings (SSSR count). The molecule has 166 valence electrons. The molecule has 1 aliphatic carbocycles. The summed E-state index contributed by atoms with van der Waals surface area (Å²) >= 11 is 0. The number of carbonyl (C=O) groups is 3. The van der Waals surface area contributed by atoms with Crippen molar-refractivity contribution in [2.24, 2.45) is 17.3 Å². The number of hydrogen-bond acceptors (Lipinski definition) is 4. The molecule has 0 aromatic rings. The Morgan fingerprint density at radius 1 is 1.21 bits per heavy atom. The Morgan fingerprint density at radius 3 is 2.45 bits per heavy atom. The SMILES string of the molecule is CCNCC1CCN(C(=O)CN2C(=O)NC3(CC(C)CC(C)(C)C3)C2=O)CC1.Cl. The second-order valence-electron chi connectivity index (χ2n) is 9.89. The molecule has 1 spiro atoms. The zero-order chi connectivity index (χ0) is 20.5. The first kappa shape index (κ1) is 23.9. The van der Waals surface area contributed by atoms with Crippen LogP contribution in [0.1, 0.15) is 59.8 Å². The number of amides is 4. The van der Waals surface area contributed by atoms with Crippen molar-refractivity contribution >= 4 is 30.3 Å². The van der Waals surface area contributed by atoms with Crippen LogP contribution in [0.25, 0.3) is 0 Å². The van der Waals surface area contributed by atoms with Crippen LogP contribution in [0.3, 0.4) is 0 Å². The van der Waals surface area contributed by atoms with E-state index in [9.17, 15) is 14.4 Å². The number of nitrogens with zero attached hydrogens (tertiary/aromatic N) is 2. The second-order valence-corrected chi connectivity index (χ2v) is 9.89. The van der Waals surface area contributed by atoms with Crippen molar-refractivity contribution < 1.29 is 14.4 Å². The van der Waals surface area contributed by atoms with E-state index in [-0.39, 0.29) is 36.2 Å². The summed E-state index contributed by atoms with van der Waals surface area (Å²) in [5.74, 6) is 0.618. The van der Waals surface area contributed by atoms with Gasteiger partial charge in [-0.25, -0.2) is 4.79 Å². The van der Waals surface area contributed by atoms with E-state index in [4.69, 9.17) is 0 Å². The minimum Gasteiger partial charge on any atom is -0.341 e. The zero-order valence-corrected chi connectivity index (χ0v) is 19.1. The minimum atomic E-state index is -0.836. The van der Waals surface area contributed by atoms with E-state index in [1.165, 1.54) is 0 Å². The van der Waals surface area contributed by atoms with E-state index in [0.717, 1.165) is 37.3 Å². The fraction of sp³-hybridized carbons (Fsp3) is 0.857. The van der Waals surface area contributed by atoms with Gasteiger partial charge in [0.25, 0.3) is 5.91 Å². The number of halogens is 1. The molecule has 8 heteroatoms. The van der Waals surface area contributed by atoms with Gasteiger partial charge in [0.2, 0.25) is 5.91 Å². The number of likely N-dealkylation sites (tertiary alicyclic amines) is 1. The summed E-state index contributed by atoms with van der Waals surface area (Å²) < 4.78 is 0. The van der Waals surface area contributed by atoms with Gasteiger partial charge in [-0.3, -0.25) is 14.5 Å². The van der Waals surface area contributed by atoms with Gasteiger partial charge >= 0.3 is 6.03 Å². The molecule has 7 nitrogen and oxygen atoms in total. The number of urea groups is 1. The highest BCUT2D eigenvalue weighted by Crippen LogP contribution is 2.46. The van der Waals surface area contributed by atoms with E-state index < -0.39 is 11.6 Å². The predicted octanol–water partition coefficient (Wildman–Crippen LogP) is 2.39. The van der Waals surface area contributed by atoms with E-state index in [2.05, 4.69) is 38.3 Å². The quantitative estimate of drug-likeness (QED) is 0.659. The Bertz CT molecular complexity index is 633. The van der Waals surface area contributed by atoms with E-state index in [0.29, 0.717) is 37.8 Å². The Kier molecular flexibility index (Phi) is 7.60. The van der Waals surface area contributed by atoms with Crippen molar-refractivity contribution in [3.8, 4) is 0 Å². The summed E-state index contributed by atoms with van der Waals surface area (Å²) in [5.41, 5.74) is -0.841. The summed E-state index contributed by atoms with van der Waals surface area (Å²) in [4.78, 5) is 41.5. The summed E-state index contributed by atoms with van der Waals surface area (Å²) in [6.45, 7) is 11.7. The maximum atomic E-state index is 13.2. The van der Waals surface area contributed by atoms with Crippen molar-refractivity contribution in [3.63, 3.8) is 0 Å². The molecule has 0 aromatic carbocycles. The van der Waals surface area contributed by atoms with Gasteiger partial charge in [0, 0.05) is 13.1 Å². The molecule has 3 fully saturated rings. The van der Waals surface area contributed by atoms with Crippen molar-refractivity contribution in [2.45, 2.75) is 65.3 Å². The van der Waals surface area contributed by atoms with Crippen LogP contribution in [-0.4, -0.2) is 65.9 Å². The number of hydrogen-bond donors (Lipinski definition) is 2. The second kappa shape index (κ2) is 9.21. The molecule has 3 aliphatic rings. The van der Waals surface area contributed by atoms with Crippen LogP contribution in [0, 0.1) is 17.3 Å². The molecule has 0 bridgehead atoms. The molecule has 29 heavy (non-hydrogen) atoms.